The Hall–Kier alpha value is -2.45. The lowest BCUT2D eigenvalue weighted by Gasteiger charge is -2.34. The molecule has 1 aromatic heterocycles. The highest BCUT2D eigenvalue weighted by atomic mass is 35.5. The lowest BCUT2D eigenvalue weighted by Crippen LogP contribution is -2.45. The zero-order chi connectivity index (χ0) is 24.9. The second kappa shape index (κ2) is 11.5. The summed E-state index contributed by atoms with van der Waals surface area (Å²) in [5.41, 5.74) is 1.90. The average molecular weight is 516 g/mol. The lowest BCUT2D eigenvalue weighted by molar-refractivity contribution is -0.142. The number of para-hydroxylation sites is 1. The molecule has 2 aromatic carbocycles. The van der Waals surface area contributed by atoms with Crippen LogP contribution in [0, 0.1) is 5.92 Å². The third-order valence-corrected chi connectivity index (χ3v) is 7.18. The zero-order valence-electron chi connectivity index (χ0n) is 20.3. The van der Waals surface area contributed by atoms with Crippen LogP contribution >= 0.6 is 23.2 Å². The van der Waals surface area contributed by atoms with E-state index in [1.807, 2.05) is 56.3 Å². The smallest absolute Gasteiger partial charge is 0.328 e. The number of anilines is 1. The molecule has 4 rings (SSSR count). The van der Waals surface area contributed by atoms with E-state index >= 15 is 0 Å². The fraction of sp³-hybridized carbons (Fsp3) is 0.423. The summed E-state index contributed by atoms with van der Waals surface area (Å²) in [5.74, 6) is 1.12. The van der Waals surface area contributed by atoms with Gasteiger partial charge in [0.1, 0.15) is 17.7 Å². The number of aromatic nitrogens is 2. The number of carbonyl (C=O) groups excluding carboxylic acids is 1. The molecule has 1 aliphatic rings. The summed E-state index contributed by atoms with van der Waals surface area (Å²) in [6.07, 6.45) is 0. The Balaban J connectivity index is 1.46. The summed E-state index contributed by atoms with van der Waals surface area (Å²) in [4.78, 5) is 26.7. The summed E-state index contributed by atoms with van der Waals surface area (Å²) < 4.78 is 5.00. The van der Waals surface area contributed by atoms with E-state index in [2.05, 4.69) is 15.1 Å². The summed E-state index contributed by atoms with van der Waals surface area (Å²) in [5, 5.41) is 5.42. The van der Waals surface area contributed by atoms with Crippen molar-refractivity contribution >= 4 is 45.9 Å². The molecule has 3 aromatic rings. The molecule has 0 spiro atoms. The zero-order valence-corrected chi connectivity index (χ0v) is 21.8. The highest BCUT2D eigenvalue weighted by Crippen LogP contribution is 2.27. The highest BCUT2D eigenvalue weighted by molar-refractivity contribution is 6.42. The second-order valence-corrected chi connectivity index (χ2v) is 9.95. The normalized spacial score (nSPS) is 15.9. The predicted octanol–water partition coefficient (Wildman–Crippen LogP) is 4.86. The van der Waals surface area contributed by atoms with Gasteiger partial charge >= 0.3 is 5.97 Å². The Labute approximate surface area is 216 Å². The first kappa shape index (κ1) is 25.6. The first-order valence-electron chi connectivity index (χ1n) is 11.8. The number of methoxy groups -OCH3 is 1. The van der Waals surface area contributed by atoms with Gasteiger partial charge in [0.25, 0.3) is 0 Å². The number of rotatable bonds is 8. The van der Waals surface area contributed by atoms with Crippen LogP contribution in [0.4, 0.5) is 5.82 Å². The van der Waals surface area contributed by atoms with E-state index in [1.54, 1.807) is 0 Å². The van der Waals surface area contributed by atoms with E-state index in [1.165, 1.54) is 7.11 Å². The first-order chi connectivity index (χ1) is 16.9. The van der Waals surface area contributed by atoms with E-state index in [0.29, 0.717) is 22.4 Å². The van der Waals surface area contributed by atoms with Gasteiger partial charge in [0, 0.05) is 38.1 Å². The van der Waals surface area contributed by atoms with Gasteiger partial charge in [-0.15, -0.1) is 0 Å². The molecule has 0 amide bonds. The molecule has 1 N–H and O–H groups in total. The molecule has 7 nitrogen and oxygen atoms in total. The third-order valence-electron chi connectivity index (χ3n) is 6.32. The summed E-state index contributed by atoms with van der Waals surface area (Å²) in [7, 11) is 1.41. The molecule has 186 valence electrons. The molecule has 0 aliphatic carbocycles. The maximum absolute atomic E-state index is 12.3. The van der Waals surface area contributed by atoms with Crippen LogP contribution in [0.1, 0.15) is 25.2 Å². The Bertz CT molecular complexity index is 1180. The molecule has 35 heavy (non-hydrogen) atoms. The Kier molecular flexibility index (Phi) is 8.44. The Morgan fingerprint density at radius 2 is 1.69 bits per heavy atom. The van der Waals surface area contributed by atoms with E-state index < -0.39 is 6.04 Å². The molecule has 9 heteroatoms. The van der Waals surface area contributed by atoms with Gasteiger partial charge in [-0.1, -0.05) is 61.3 Å². The van der Waals surface area contributed by atoms with E-state index in [4.69, 9.17) is 37.9 Å². The highest BCUT2D eigenvalue weighted by Gasteiger charge is 2.25. The molecule has 0 unspecified atom stereocenters. The number of piperazine rings is 1. The minimum Gasteiger partial charge on any atom is -0.467 e. The number of hydrogen-bond donors (Lipinski definition) is 1. The molecular formula is C26H31Cl2N5O2. The first-order valence-corrected chi connectivity index (χ1v) is 12.6. The van der Waals surface area contributed by atoms with Crippen molar-refractivity contribution < 1.29 is 9.53 Å². The molecular weight excluding hydrogens is 485 g/mol. The van der Waals surface area contributed by atoms with Crippen molar-refractivity contribution in [2.75, 3.05) is 38.6 Å². The molecule has 1 saturated heterocycles. The quantitative estimate of drug-likeness (QED) is 0.429. The van der Waals surface area contributed by atoms with Crippen molar-refractivity contribution in [3.63, 3.8) is 0 Å². The fourth-order valence-electron chi connectivity index (χ4n) is 4.29. The van der Waals surface area contributed by atoms with Gasteiger partial charge in [0.05, 0.1) is 29.2 Å². The number of hydrogen-bond acceptors (Lipinski definition) is 7. The van der Waals surface area contributed by atoms with Crippen LogP contribution in [0.25, 0.3) is 10.9 Å². The number of carbonyl (C=O) groups is 1. The van der Waals surface area contributed by atoms with Crippen LogP contribution in [0.3, 0.4) is 0 Å². The van der Waals surface area contributed by atoms with Crippen molar-refractivity contribution in [1.82, 2.24) is 19.8 Å². The van der Waals surface area contributed by atoms with Gasteiger partial charge in [-0.2, -0.15) is 0 Å². The minimum absolute atomic E-state index is 0.0423. The molecule has 1 atom stereocenters. The number of fused-ring (bicyclic) bond motifs is 1. The second-order valence-electron chi connectivity index (χ2n) is 9.16. The maximum Gasteiger partial charge on any atom is 0.328 e. The van der Waals surface area contributed by atoms with Crippen molar-refractivity contribution in [2.45, 2.75) is 33.0 Å². The van der Waals surface area contributed by atoms with Crippen LogP contribution in [-0.2, 0) is 22.6 Å². The van der Waals surface area contributed by atoms with Crippen molar-refractivity contribution in [3.8, 4) is 0 Å². The van der Waals surface area contributed by atoms with E-state index in [9.17, 15) is 4.79 Å². The summed E-state index contributed by atoms with van der Waals surface area (Å²) >= 11 is 12.5. The average Bonchev–Trinajstić information content (AvgIpc) is 2.85. The standard InChI is InChI=1S/C26H31Cl2N5O2/c1-17(2)24(26(34)35-3)31-25-19-8-4-5-10-21(19)29-22(30-25)16-33-13-11-32(12-14-33)15-18-7-6-9-20(27)23(18)28/h4-10,17,24H,11-16H2,1-3H3,(H,29,30,31)/t24-/m0/s1. The third kappa shape index (κ3) is 6.22. The molecule has 0 radical (unpaired) electrons. The Morgan fingerprint density at radius 3 is 2.37 bits per heavy atom. The van der Waals surface area contributed by atoms with Crippen LogP contribution in [-0.4, -0.2) is 65.1 Å². The van der Waals surface area contributed by atoms with E-state index in [-0.39, 0.29) is 11.9 Å². The number of nitrogens with zero attached hydrogens (tertiary/aromatic N) is 4. The van der Waals surface area contributed by atoms with Gasteiger partial charge in [0.15, 0.2) is 0 Å². The predicted molar refractivity (Wildman–Crippen MR) is 141 cm³/mol. The van der Waals surface area contributed by atoms with Crippen molar-refractivity contribution in [2.24, 2.45) is 5.92 Å². The SMILES string of the molecule is COC(=O)[C@@H](Nc1nc(CN2CCN(Cc3cccc(Cl)c3Cl)CC2)nc2ccccc12)C(C)C. The number of ether oxygens (including phenoxy) is 1. The minimum atomic E-state index is -0.493. The van der Waals surface area contributed by atoms with Gasteiger partial charge < -0.3 is 10.1 Å². The summed E-state index contributed by atoms with van der Waals surface area (Å²) in [6.45, 7) is 9.00. The Morgan fingerprint density at radius 1 is 1.00 bits per heavy atom. The van der Waals surface area contributed by atoms with Crippen molar-refractivity contribution in [3.05, 3.63) is 63.9 Å². The van der Waals surface area contributed by atoms with Crippen LogP contribution in [0.5, 0.6) is 0 Å². The number of esters is 1. The van der Waals surface area contributed by atoms with Crippen LogP contribution < -0.4 is 5.32 Å². The molecule has 2 heterocycles. The maximum atomic E-state index is 12.3. The molecule has 1 fully saturated rings. The molecule has 0 bridgehead atoms. The number of halogens is 2. The molecule has 1 aliphatic heterocycles. The van der Waals surface area contributed by atoms with Crippen LogP contribution in [0.2, 0.25) is 10.0 Å². The van der Waals surface area contributed by atoms with Crippen molar-refractivity contribution in [1.29, 1.82) is 0 Å². The number of nitrogens with one attached hydrogen (secondary N) is 1. The summed E-state index contributed by atoms with van der Waals surface area (Å²) in [6, 6.07) is 13.1. The largest absolute Gasteiger partial charge is 0.467 e. The van der Waals surface area contributed by atoms with Gasteiger partial charge in [-0.05, 0) is 29.7 Å². The van der Waals surface area contributed by atoms with E-state index in [0.717, 1.165) is 55.0 Å². The van der Waals surface area contributed by atoms with Gasteiger partial charge in [0.2, 0.25) is 0 Å². The lowest BCUT2D eigenvalue weighted by atomic mass is 10.0. The fourth-order valence-corrected chi connectivity index (χ4v) is 4.67. The monoisotopic (exact) mass is 515 g/mol. The molecule has 0 saturated carbocycles. The van der Waals surface area contributed by atoms with Crippen LogP contribution in [0.15, 0.2) is 42.5 Å². The van der Waals surface area contributed by atoms with Gasteiger partial charge in [-0.3, -0.25) is 9.80 Å². The van der Waals surface area contributed by atoms with Gasteiger partial charge in [-0.25, -0.2) is 14.8 Å². The topological polar surface area (TPSA) is 70.6 Å². The number of benzene rings is 2.